The van der Waals surface area contributed by atoms with Crippen LogP contribution in [0.25, 0.3) is 0 Å². The number of nitrogens with one attached hydrogen (secondary N) is 1. The minimum Gasteiger partial charge on any atom is -0.382 e. The normalized spacial score (nSPS) is 13.9. The zero-order valence-corrected chi connectivity index (χ0v) is 15.8. The molecule has 138 valence electrons. The second-order valence-electron chi connectivity index (χ2n) is 5.99. The first-order valence-corrected chi connectivity index (χ1v) is 9.27. The molecule has 0 bridgehead atoms. The summed E-state index contributed by atoms with van der Waals surface area (Å²) >= 11 is 1.55. The van der Waals surface area contributed by atoms with Crippen molar-refractivity contribution in [2.75, 3.05) is 15.4 Å². The number of nitrogens with zero attached hydrogens (tertiary/aromatic N) is 6. The van der Waals surface area contributed by atoms with Gasteiger partial charge in [-0.05, 0) is 37.1 Å². The molecule has 9 heteroatoms. The van der Waals surface area contributed by atoms with Gasteiger partial charge < -0.3 is 11.1 Å². The molecular weight excluding hydrogens is 372 g/mol. The molecule has 1 atom stereocenters. The maximum atomic E-state index is 9.38. The molecule has 1 aromatic carbocycles. The lowest BCUT2D eigenvalue weighted by Gasteiger charge is -2.32. The van der Waals surface area contributed by atoms with Gasteiger partial charge in [-0.15, -0.1) is 0 Å². The molecule has 0 radical (unpaired) electrons. The van der Waals surface area contributed by atoms with Crippen LogP contribution in [0.1, 0.15) is 12.5 Å². The number of benzene rings is 1. The lowest BCUT2D eigenvalue weighted by molar-refractivity contribution is 0.992. The van der Waals surface area contributed by atoms with Crippen LogP contribution in [0.15, 0.2) is 65.0 Å². The molecule has 3 heterocycles. The first-order valence-electron chi connectivity index (χ1n) is 8.50. The van der Waals surface area contributed by atoms with E-state index >= 15 is 0 Å². The lowest BCUT2D eigenvalue weighted by Crippen LogP contribution is -2.39. The largest absolute Gasteiger partial charge is 0.382 e. The number of nitrogens with two attached hydrogens (primary N) is 1. The summed E-state index contributed by atoms with van der Waals surface area (Å²) in [5.74, 6) is 1.29. The molecule has 1 aliphatic heterocycles. The number of hydrogen-bond acceptors (Lipinski definition) is 9. The predicted octanol–water partition coefficient (Wildman–Crippen LogP) is 3.38. The van der Waals surface area contributed by atoms with Gasteiger partial charge in [0, 0.05) is 12.4 Å². The number of hydrogen-bond donors (Lipinski definition) is 2. The van der Waals surface area contributed by atoms with E-state index in [-0.39, 0.29) is 17.4 Å². The van der Waals surface area contributed by atoms with Crippen LogP contribution in [0, 0.1) is 11.3 Å². The Hall–Kier alpha value is -3.64. The third kappa shape index (κ3) is 3.33. The highest BCUT2D eigenvalue weighted by molar-refractivity contribution is 8.01. The van der Waals surface area contributed by atoms with Crippen molar-refractivity contribution < 1.29 is 0 Å². The smallest absolute Gasteiger partial charge is 0.150 e. The fourth-order valence-electron chi connectivity index (χ4n) is 2.76. The summed E-state index contributed by atoms with van der Waals surface area (Å²) in [6, 6.07) is 13.6. The van der Waals surface area contributed by atoms with E-state index in [2.05, 4.69) is 26.3 Å². The lowest BCUT2D eigenvalue weighted by atomic mass is 10.2. The molecule has 0 fully saturated rings. The zero-order valence-electron chi connectivity index (χ0n) is 14.9. The summed E-state index contributed by atoms with van der Waals surface area (Å²) in [5, 5.41) is 12.6. The quantitative estimate of drug-likeness (QED) is 0.653. The fourth-order valence-corrected chi connectivity index (χ4v) is 3.79. The zero-order chi connectivity index (χ0) is 19.5. The number of amidine groups is 1. The Balaban J connectivity index is 1.73. The van der Waals surface area contributed by atoms with Crippen LogP contribution in [0.4, 0.5) is 23.0 Å². The number of rotatable bonds is 4. The van der Waals surface area contributed by atoms with Gasteiger partial charge in [0.1, 0.15) is 35.4 Å². The molecule has 28 heavy (non-hydrogen) atoms. The number of aromatic nitrogens is 3. The van der Waals surface area contributed by atoms with Crippen molar-refractivity contribution in [2.24, 2.45) is 4.99 Å². The van der Waals surface area contributed by atoms with Crippen LogP contribution in [-0.4, -0.2) is 26.8 Å². The van der Waals surface area contributed by atoms with E-state index in [1.165, 1.54) is 6.33 Å². The van der Waals surface area contributed by atoms with Gasteiger partial charge >= 0.3 is 0 Å². The Bertz CT molecular complexity index is 1080. The summed E-state index contributed by atoms with van der Waals surface area (Å²) in [6.07, 6.45) is 4.85. The van der Waals surface area contributed by atoms with Crippen molar-refractivity contribution in [3.05, 3.63) is 60.7 Å². The van der Waals surface area contributed by atoms with E-state index < -0.39 is 0 Å². The van der Waals surface area contributed by atoms with Gasteiger partial charge in [-0.25, -0.2) is 15.0 Å². The number of para-hydroxylation sites is 1. The third-order valence-electron chi connectivity index (χ3n) is 4.12. The minimum absolute atomic E-state index is 0.142. The number of fused-ring (bicyclic) bond motifs is 1. The first kappa shape index (κ1) is 17.8. The van der Waals surface area contributed by atoms with E-state index in [1.54, 1.807) is 24.3 Å². The van der Waals surface area contributed by atoms with Crippen molar-refractivity contribution in [3.63, 3.8) is 0 Å². The summed E-state index contributed by atoms with van der Waals surface area (Å²) in [5.41, 5.74) is 7.85. The van der Waals surface area contributed by atoms with Gasteiger partial charge in [0.25, 0.3) is 0 Å². The highest BCUT2D eigenvalue weighted by atomic mass is 32.2. The van der Waals surface area contributed by atoms with Crippen LogP contribution >= 0.6 is 11.9 Å². The Morgan fingerprint density at radius 2 is 2.04 bits per heavy atom. The average Bonchev–Trinajstić information content (AvgIpc) is 2.73. The Morgan fingerprint density at radius 1 is 1.21 bits per heavy atom. The maximum Gasteiger partial charge on any atom is 0.150 e. The summed E-state index contributed by atoms with van der Waals surface area (Å²) in [6.45, 7) is 1.96. The molecule has 0 saturated heterocycles. The number of anilines is 3. The minimum atomic E-state index is -0.254. The highest BCUT2D eigenvalue weighted by Crippen LogP contribution is 2.40. The number of nitriles is 1. The second-order valence-corrected chi connectivity index (χ2v) is 6.98. The van der Waals surface area contributed by atoms with Gasteiger partial charge in [-0.1, -0.05) is 18.2 Å². The Kier molecular flexibility index (Phi) is 4.78. The second kappa shape index (κ2) is 7.54. The molecule has 3 aromatic rings. The number of aliphatic imine (C=N–C) groups is 1. The molecule has 2 aromatic heterocycles. The van der Waals surface area contributed by atoms with Crippen molar-refractivity contribution >= 4 is 40.8 Å². The topological polar surface area (TPSA) is 116 Å². The molecular formula is C19H16N8S. The van der Waals surface area contributed by atoms with E-state index in [4.69, 9.17) is 10.7 Å². The van der Waals surface area contributed by atoms with Crippen LogP contribution in [0.3, 0.4) is 0 Å². The predicted molar refractivity (Wildman–Crippen MR) is 110 cm³/mol. The van der Waals surface area contributed by atoms with Crippen molar-refractivity contribution in [1.82, 2.24) is 15.0 Å². The maximum absolute atomic E-state index is 9.38. The molecule has 0 saturated carbocycles. The number of nitrogen functional groups attached to an aromatic ring is 1. The fraction of sp³-hybridized carbons (Fsp3) is 0.105. The first-order chi connectivity index (χ1) is 13.7. The molecule has 4 rings (SSSR count). The molecule has 3 N–H and O–H groups in total. The van der Waals surface area contributed by atoms with Gasteiger partial charge in [0.15, 0.2) is 0 Å². The summed E-state index contributed by atoms with van der Waals surface area (Å²) in [7, 11) is 0. The monoisotopic (exact) mass is 388 g/mol. The summed E-state index contributed by atoms with van der Waals surface area (Å²) in [4.78, 5) is 18.0. The molecule has 8 nitrogen and oxygen atoms in total. The standard InChI is InChI=1S/C19H16N8S/c1-12(25-18-14(9-20)17(21)23-11-24-18)19-26-15-7-8-22-10-16(15)28-27(19)13-5-3-2-4-6-13/h2-8,10-12H,1H3,(H3,21,23,24,25). The van der Waals surface area contributed by atoms with E-state index in [0.717, 1.165) is 22.1 Å². The van der Waals surface area contributed by atoms with Gasteiger partial charge in [-0.3, -0.25) is 9.29 Å². The SMILES string of the molecule is CC(Nc1ncnc(N)c1C#N)C1=Nc2ccncc2SN1c1ccccc1. The van der Waals surface area contributed by atoms with Crippen molar-refractivity contribution in [1.29, 1.82) is 5.26 Å². The molecule has 1 unspecified atom stereocenters. The van der Waals surface area contributed by atoms with E-state index in [1.807, 2.05) is 47.6 Å². The number of pyridine rings is 1. The van der Waals surface area contributed by atoms with E-state index in [9.17, 15) is 5.26 Å². The Morgan fingerprint density at radius 3 is 2.82 bits per heavy atom. The van der Waals surface area contributed by atoms with Gasteiger partial charge in [0.2, 0.25) is 0 Å². The Labute approximate surface area is 166 Å². The third-order valence-corrected chi connectivity index (χ3v) is 5.21. The van der Waals surface area contributed by atoms with Crippen molar-refractivity contribution in [3.8, 4) is 6.07 Å². The average molecular weight is 388 g/mol. The van der Waals surface area contributed by atoms with Crippen LogP contribution in [0.5, 0.6) is 0 Å². The van der Waals surface area contributed by atoms with Crippen LogP contribution in [0.2, 0.25) is 0 Å². The van der Waals surface area contributed by atoms with Crippen LogP contribution in [-0.2, 0) is 0 Å². The molecule has 0 aliphatic carbocycles. The van der Waals surface area contributed by atoms with Gasteiger partial charge in [-0.2, -0.15) is 5.26 Å². The highest BCUT2D eigenvalue weighted by Gasteiger charge is 2.27. The van der Waals surface area contributed by atoms with Gasteiger partial charge in [0.05, 0.1) is 22.3 Å². The van der Waals surface area contributed by atoms with Crippen LogP contribution < -0.4 is 15.4 Å². The molecule has 0 spiro atoms. The molecule has 1 aliphatic rings. The van der Waals surface area contributed by atoms with Crippen molar-refractivity contribution in [2.45, 2.75) is 17.9 Å². The van der Waals surface area contributed by atoms with E-state index in [0.29, 0.717) is 5.82 Å². The summed E-state index contributed by atoms with van der Waals surface area (Å²) < 4.78 is 2.04. The molecule has 0 amide bonds.